The Labute approximate surface area is 106 Å². The number of aromatic nitrogens is 1. The largest absolute Gasteiger partial charge is 0.326 e. The zero-order valence-electron chi connectivity index (χ0n) is 9.61. The molecule has 0 aromatic carbocycles. The number of nitrogens with zero attached hydrogens (tertiary/aromatic N) is 1. The van der Waals surface area contributed by atoms with Crippen molar-refractivity contribution in [3.8, 4) is 0 Å². The third-order valence-corrected chi connectivity index (χ3v) is 5.16. The quantitative estimate of drug-likeness (QED) is 0.882. The van der Waals surface area contributed by atoms with Crippen molar-refractivity contribution in [3.63, 3.8) is 0 Å². The maximum atomic E-state index is 6.26. The van der Waals surface area contributed by atoms with Crippen LogP contribution in [0, 0.1) is 5.41 Å². The van der Waals surface area contributed by atoms with E-state index in [1.807, 2.05) is 12.1 Å². The highest BCUT2D eigenvalue weighted by Gasteiger charge is 2.40. The molecular formula is C12H17ClN2S. The summed E-state index contributed by atoms with van der Waals surface area (Å²) in [6, 6.07) is 3.95. The fourth-order valence-electron chi connectivity index (χ4n) is 2.10. The Hall–Kier alpha value is -0.250. The first-order valence-corrected chi connectivity index (χ1v) is 6.79. The lowest BCUT2D eigenvalue weighted by Crippen LogP contribution is -2.38. The van der Waals surface area contributed by atoms with Crippen LogP contribution in [0.3, 0.4) is 0 Å². The van der Waals surface area contributed by atoms with Gasteiger partial charge < -0.3 is 5.73 Å². The predicted octanol–water partition coefficient (Wildman–Crippen LogP) is 3.34. The summed E-state index contributed by atoms with van der Waals surface area (Å²) in [6.07, 6.45) is 4.10. The third-order valence-electron chi connectivity index (χ3n) is 3.36. The van der Waals surface area contributed by atoms with E-state index >= 15 is 0 Å². The van der Waals surface area contributed by atoms with E-state index in [2.05, 4.69) is 18.8 Å². The van der Waals surface area contributed by atoms with Gasteiger partial charge in [-0.25, -0.2) is 4.98 Å². The molecule has 0 bridgehead atoms. The molecule has 1 aliphatic rings. The SMILES string of the molecule is CC1(C)CCC(Sc2ncccc2Cl)C1N. The van der Waals surface area contributed by atoms with E-state index in [1.165, 1.54) is 6.42 Å². The smallest absolute Gasteiger partial charge is 0.115 e. The van der Waals surface area contributed by atoms with Crippen molar-refractivity contribution in [2.75, 3.05) is 0 Å². The van der Waals surface area contributed by atoms with Crippen molar-refractivity contribution in [3.05, 3.63) is 23.4 Å². The third kappa shape index (κ3) is 2.36. The highest BCUT2D eigenvalue weighted by atomic mass is 35.5. The Bertz CT molecular complexity index is 381. The monoisotopic (exact) mass is 256 g/mol. The van der Waals surface area contributed by atoms with E-state index in [9.17, 15) is 0 Å². The van der Waals surface area contributed by atoms with Crippen molar-refractivity contribution >= 4 is 23.4 Å². The van der Waals surface area contributed by atoms with Crippen molar-refractivity contribution in [1.29, 1.82) is 0 Å². The summed E-state index contributed by atoms with van der Waals surface area (Å²) >= 11 is 7.82. The molecule has 1 aromatic rings. The van der Waals surface area contributed by atoms with Crippen LogP contribution >= 0.6 is 23.4 Å². The molecule has 0 aliphatic heterocycles. The van der Waals surface area contributed by atoms with Crippen LogP contribution in [-0.2, 0) is 0 Å². The highest BCUT2D eigenvalue weighted by Crippen LogP contribution is 2.44. The summed E-state index contributed by atoms with van der Waals surface area (Å²) in [7, 11) is 0. The van der Waals surface area contributed by atoms with Gasteiger partial charge in [0.1, 0.15) is 5.03 Å². The minimum Gasteiger partial charge on any atom is -0.326 e. The fourth-order valence-corrected chi connectivity index (χ4v) is 3.69. The molecule has 1 heterocycles. The van der Waals surface area contributed by atoms with E-state index in [0.717, 1.165) is 16.5 Å². The average Bonchev–Trinajstić information content (AvgIpc) is 2.49. The van der Waals surface area contributed by atoms with Crippen molar-refractivity contribution in [2.24, 2.45) is 11.1 Å². The molecule has 2 atom stereocenters. The maximum absolute atomic E-state index is 6.26. The van der Waals surface area contributed by atoms with Crippen LogP contribution in [0.4, 0.5) is 0 Å². The molecule has 1 fully saturated rings. The topological polar surface area (TPSA) is 38.9 Å². The zero-order valence-corrected chi connectivity index (χ0v) is 11.2. The van der Waals surface area contributed by atoms with E-state index in [0.29, 0.717) is 5.25 Å². The molecule has 1 aliphatic carbocycles. The van der Waals surface area contributed by atoms with Crippen LogP contribution in [0.1, 0.15) is 26.7 Å². The van der Waals surface area contributed by atoms with Crippen molar-refractivity contribution in [2.45, 2.75) is 43.0 Å². The summed E-state index contributed by atoms with van der Waals surface area (Å²) in [5, 5.41) is 2.06. The Morgan fingerprint density at radius 2 is 2.31 bits per heavy atom. The lowest BCUT2D eigenvalue weighted by molar-refractivity contribution is 0.334. The highest BCUT2D eigenvalue weighted by molar-refractivity contribution is 8.00. The Balaban J connectivity index is 2.10. The molecule has 0 saturated heterocycles. The van der Waals surface area contributed by atoms with Gasteiger partial charge in [-0.1, -0.05) is 37.2 Å². The first-order chi connectivity index (χ1) is 7.50. The fraction of sp³-hybridized carbons (Fsp3) is 0.583. The summed E-state index contributed by atoms with van der Waals surface area (Å²) in [5.41, 5.74) is 6.50. The molecule has 2 nitrogen and oxygen atoms in total. The van der Waals surface area contributed by atoms with Gasteiger partial charge in [-0.15, -0.1) is 0 Å². The van der Waals surface area contributed by atoms with Crippen LogP contribution < -0.4 is 5.73 Å². The van der Waals surface area contributed by atoms with Gasteiger partial charge in [-0.05, 0) is 30.4 Å². The standard InChI is InChI=1S/C12H17ClN2S/c1-12(2)6-5-9(10(12)14)16-11-8(13)4-3-7-15-11/h3-4,7,9-10H,5-6,14H2,1-2H3. The number of halogens is 1. The number of nitrogens with two attached hydrogens (primary N) is 1. The molecule has 1 saturated carbocycles. The van der Waals surface area contributed by atoms with Crippen LogP contribution in [0.5, 0.6) is 0 Å². The molecule has 0 amide bonds. The molecule has 0 spiro atoms. The molecule has 2 rings (SSSR count). The first kappa shape index (κ1) is 12.2. The van der Waals surface area contributed by atoms with Crippen molar-refractivity contribution in [1.82, 2.24) is 4.98 Å². The van der Waals surface area contributed by atoms with Crippen LogP contribution in [0.15, 0.2) is 23.4 Å². The first-order valence-electron chi connectivity index (χ1n) is 5.53. The second-order valence-corrected chi connectivity index (χ2v) is 6.63. The van der Waals surface area contributed by atoms with Crippen molar-refractivity contribution < 1.29 is 0 Å². The lowest BCUT2D eigenvalue weighted by Gasteiger charge is -2.26. The Kier molecular flexibility index (Phi) is 3.48. The van der Waals surface area contributed by atoms with Gasteiger partial charge in [0, 0.05) is 17.5 Å². The lowest BCUT2D eigenvalue weighted by atomic mass is 9.88. The summed E-state index contributed by atoms with van der Waals surface area (Å²) in [5.74, 6) is 0. The average molecular weight is 257 g/mol. The van der Waals surface area contributed by atoms with Crippen LogP contribution in [0.25, 0.3) is 0 Å². The molecule has 1 aromatic heterocycles. The minimum absolute atomic E-state index is 0.218. The number of pyridine rings is 1. The second-order valence-electron chi connectivity index (χ2n) is 5.00. The summed E-state index contributed by atoms with van der Waals surface area (Å²) in [4.78, 5) is 4.30. The minimum atomic E-state index is 0.218. The van der Waals surface area contributed by atoms with Gasteiger partial charge in [-0.3, -0.25) is 0 Å². The van der Waals surface area contributed by atoms with E-state index in [1.54, 1.807) is 18.0 Å². The molecule has 2 unspecified atom stereocenters. The maximum Gasteiger partial charge on any atom is 0.115 e. The van der Waals surface area contributed by atoms with E-state index in [4.69, 9.17) is 17.3 Å². The predicted molar refractivity (Wildman–Crippen MR) is 69.9 cm³/mol. The van der Waals surface area contributed by atoms with Crippen LogP contribution in [-0.4, -0.2) is 16.3 Å². The van der Waals surface area contributed by atoms with Gasteiger partial charge in [0.25, 0.3) is 0 Å². The normalized spacial score (nSPS) is 28.2. The Morgan fingerprint density at radius 1 is 1.56 bits per heavy atom. The molecule has 4 heteroatoms. The number of hydrogen-bond acceptors (Lipinski definition) is 3. The van der Waals surface area contributed by atoms with Gasteiger partial charge in [-0.2, -0.15) is 0 Å². The van der Waals surface area contributed by atoms with E-state index in [-0.39, 0.29) is 11.5 Å². The van der Waals surface area contributed by atoms with Crippen LogP contribution in [0.2, 0.25) is 5.02 Å². The van der Waals surface area contributed by atoms with Gasteiger partial charge >= 0.3 is 0 Å². The van der Waals surface area contributed by atoms with Gasteiger partial charge in [0.2, 0.25) is 0 Å². The molecule has 0 radical (unpaired) electrons. The number of hydrogen-bond donors (Lipinski definition) is 1. The molecule has 88 valence electrons. The summed E-state index contributed by atoms with van der Waals surface area (Å²) in [6.45, 7) is 4.47. The summed E-state index contributed by atoms with van der Waals surface area (Å²) < 4.78 is 0. The van der Waals surface area contributed by atoms with Gasteiger partial charge in [0.05, 0.1) is 5.02 Å². The second kappa shape index (κ2) is 4.55. The molecule has 16 heavy (non-hydrogen) atoms. The zero-order chi connectivity index (χ0) is 11.8. The van der Waals surface area contributed by atoms with Gasteiger partial charge in [0.15, 0.2) is 0 Å². The molecule has 2 N–H and O–H groups in total. The van der Waals surface area contributed by atoms with E-state index < -0.39 is 0 Å². The molecular weight excluding hydrogens is 240 g/mol. The number of thioether (sulfide) groups is 1. The number of rotatable bonds is 2. The Morgan fingerprint density at radius 3 is 2.88 bits per heavy atom.